The van der Waals surface area contributed by atoms with Crippen LogP contribution in [0.15, 0.2) is 30.3 Å². The van der Waals surface area contributed by atoms with Gasteiger partial charge in [0.05, 0.1) is 13.0 Å². The number of carbonyl (C=O) groups excluding carboxylic acids is 2. The summed E-state index contributed by atoms with van der Waals surface area (Å²) in [4.78, 5) is 25.4. The van der Waals surface area contributed by atoms with Crippen LogP contribution >= 0.6 is 0 Å². The number of Topliss-reactive ketones (excluding diaryl/α,β-unsaturated/α-hetero) is 1. The number of esters is 1. The minimum Gasteiger partial charge on any atom is -0.460 e. The lowest BCUT2D eigenvalue weighted by atomic mass is 9.78. The number of benzene rings is 1. The van der Waals surface area contributed by atoms with E-state index in [2.05, 4.69) is 25.7 Å². The minimum atomic E-state index is -0.566. The molecule has 2 rings (SSSR count). The van der Waals surface area contributed by atoms with E-state index in [1.165, 1.54) is 19.3 Å². The molecule has 1 atom stereocenters. The summed E-state index contributed by atoms with van der Waals surface area (Å²) in [7, 11) is 0. The number of ketones is 1. The van der Waals surface area contributed by atoms with Gasteiger partial charge in [-0.3, -0.25) is 9.59 Å². The fourth-order valence-corrected chi connectivity index (χ4v) is 4.59. The molecule has 0 amide bonds. The Morgan fingerprint density at radius 1 is 1.06 bits per heavy atom. The lowest BCUT2D eigenvalue weighted by molar-refractivity contribution is -0.157. The molecule has 1 aromatic carbocycles. The van der Waals surface area contributed by atoms with Crippen molar-refractivity contribution in [2.75, 3.05) is 6.61 Å². The predicted octanol–water partition coefficient (Wildman–Crippen LogP) is 6.76. The van der Waals surface area contributed by atoms with E-state index >= 15 is 0 Å². The van der Waals surface area contributed by atoms with E-state index in [1.807, 2.05) is 51.1 Å². The zero-order valence-electron chi connectivity index (χ0n) is 21.9. The lowest BCUT2D eigenvalue weighted by Gasteiger charge is -2.26. The zero-order valence-corrected chi connectivity index (χ0v) is 21.9. The van der Waals surface area contributed by atoms with Crippen LogP contribution in [0.5, 0.6) is 0 Å². The van der Waals surface area contributed by atoms with Crippen LogP contribution in [0.2, 0.25) is 0 Å². The maximum absolute atomic E-state index is 13.0. The second-order valence-electron chi connectivity index (χ2n) is 11.1. The van der Waals surface area contributed by atoms with Crippen LogP contribution in [0.3, 0.4) is 0 Å². The van der Waals surface area contributed by atoms with Gasteiger partial charge in [0.2, 0.25) is 5.78 Å². The Labute approximate surface area is 207 Å². The highest BCUT2D eigenvalue weighted by Crippen LogP contribution is 2.32. The van der Waals surface area contributed by atoms with Gasteiger partial charge in [-0.1, -0.05) is 50.1 Å². The van der Waals surface area contributed by atoms with E-state index in [9.17, 15) is 9.59 Å². The van der Waals surface area contributed by atoms with Crippen LogP contribution in [-0.4, -0.2) is 24.0 Å². The molecule has 34 heavy (non-hydrogen) atoms. The van der Waals surface area contributed by atoms with Crippen LogP contribution < -0.4 is 0 Å². The van der Waals surface area contributed by atoms with Gasteiger partial charge < -0.3 is 9.47 Å². The summed E-state index contributed by atoms with van der Waals surface area (Å²) < 4.78 is 11.2. The van der Waals surface area contributed by atoms with Gasteiger partial charge >= 0.3 is 5.97 Å². The molecule has 0 bridgehead atoms. The molecule has 0 aliphatic heterocycles. The summed E-state index contributed by atoms with van der Waals surface area (Å²) >= 11 is 0. The molecular weight excluding hydrogens is 424 g/mol. The zero-order chi connectivity index (χ0) is 25.0. The van der Waals surface area contributed by atoms with E-state index in [1.54, 1.807) is 0 Å². The molecule has 1 saturated carbocycles. The average molecular weight is 469 g/mol. The lowest BCUT2D eigenvalue weighted by Crippen LogP contribution is -2.27. The van der Waals surface area contributed by atoms with Crippen LogP contribution in [-0.2, 0) is 25.7 Å². The van der Waals surface area contributed by atoms with E-state index in [-0.39, 0.29) is 18.2 Å². The number of rotatable bonds is 11. The van der Waals surface area contributed by atoms with Gasteiger partial charge in [0.15, 0.2) is 0 Å². The highest BCUT2D eigenvalue weighted by Gasteiger charge is 2.25. The highest BCUT2D eigenvalue weighted by molar-refractivity contribution is 5.99. The molecule has 0 N–H and O–H groups in total. The van der Waals surface area contributed by atoms with Crippen molar-refractivity contribution in [2.45, 2.75) is 98.2 Å². The molecule has 0 saturated heterocycles. The number of carbonyl (C=O) groups is 2. The summed E-state index contributed by atoms with van der Waals surface area (Å²) in [6.07, 6.45) is 7.17. The van der Waals surface area contributed by atoms with Crippen molar-refractivity contribution in [2.24, 2.45) is 23.7 Å². The van der Waals surface area contributed by atoms with E-state index in [0.717, 1.165) is 30.2 Å². The maximum Gasteiger partial charge on any atom is 0.307 e. The average Bonchev–Trinajstić information content (AvgIpc) is 2.76. The predicted molar refractivity (Wildman–Crippen MR) is 137 cm³/mol. The van der Waals surface area contributed by atoms with Crippen molar-refractivity contribution < 1.29 is 19.1 Å². The normalized spacial score (nSPS) is 19.2. The SMILES string of the molecule is CC(C)CC1CCC(C#CC(=O)C(CCCOCc2ccccc2)CC(=O)OC(C)(C)C)CC1. The Kier molecular flexibility index (Phi) is 11.8. The van der Waals surface area contributed by atoms with Crippen LogP contribution in [0.4, 0.5) is 0 Å². The summed E-state index contributed by atoms with van der Waals surface area (Å²) in [6, 6.07) is 10.0. The Hall–Kier alpha value is -2.12. The summed E-state index contributed by atoms with van der Waals surface area (Å²) in [6.45, 7) is 11.2. The third kappa shape index (κ3) is 11.8. The number of hydrogen-bond donors (Lipinski definition) is 0. The molecule has 0 aromatic heterocycles. The monoisotopic (exact) mass is 468 g/mol. The third-order valence-corrected chi connectivity index (χ3v) is 6.21. The minimum absolute atomic E-state index is 0.0740. The maximum atomic E-state index is 13.0. The fourth-order valence-electron chi connectivity index (χ4n) is 4.59. The first-order valence-corrected chi connectivity index (χ1v) is 13.0. The number of hydrogen-bond acceptors (Lipinski definition) is 4. The van der Waals surface area contributed by atoms with Crippen molar-refractivity contribution in [3.05, 3.63) is 35.9 Å². The van der Waals surface area contributed by atoms with Gasteiger partial charge in [-0.15, -0.1) is 0 Å². The Bertz CT molecular complexity index is 802. The van der Waals surface area contributed by atoms with Crippen molar-refractivity contribution in [3.8, 4) is 11.8 Å². The second-order valence-corrected chi connectivity index (χ2v) is 11.1. The quantitative estimate of drug-likeness (QED) is 0.156. The molecular formula is C30H44O4. The molecule has 4 heteroatoms. The standard InChI is InChI=1S/C30H44O4/c1-23(2)20-25-15-13-24(14-16-25)17-18-28(31)27(21-29(32)34-30(3,4)5)12-9-19-33-22-26-10-7-6-8-11-26/h6-8,10-11,23-25,27H,9,12-16,19-22H2,1-5H3. The first-order valence-electron chi connectivity index (χ1n) is 13.0. The van der Waals surface area contributed by atoms with Crippen molar-refractivity contribution in [1.29, 1.82) is 0 Å². The highest BCUT2D eigenvalue weighted by atomic mass is 16.6. The molecule has 1 fully saturated rings. The molecule has 1 unspecified atom stereocenters. The summed E-state index contributed by atoms with van der Waals surface area (Å²) in [5, 5.41) is 0. The van der Waals surface area contributed by atoms with E-state index < -0.39 is 11.5 Å². The largest absolute Gasteiger partial charge is 0.460 e. The van der Waals surface area contributed by atoms with E-state index in [0.29, 0.717) is 32.0 Å². The second kappa shape index (κ2) is 14.3. The molecule has 0 spiro atoms. The number of ether oxygens (including phenoxy) is 2. The molecule has 1 aliphatic carbocycles. The van der Waals surface area contributed by atoms with Gasteiger partial charge in [0.1, 0.15) is 5.60 Å². The van der Waals surface area contributed by atoms with Gasteiger partial charge in [0.25, 0.3) is 0 Å². The Morgan fingerprint density at radius 3 is 2.35 bits per heavy atom. The van der Waals surface area contributed by atoms with Gasteiger partial charge in [-0.25, -0.2) is 0 Å². The van der Waals surface area contributed by atoms with Gasteiger partial charge in [0, 0.05) is 18.4 Å². The van der Waals surface area contributed by atoms with Crippen molar-refractivity contribution in [3.63, 3.8) is 0 Å². The molecule has 0 radical (unpaired) electrons. The van der Waals surface area contributed by atoms with Crippen molar-refractivity contribution in [1.82, 2.24) is 0 Å². The smallest absolute Gasteiger partial charge is 0.307 e. The topological polar surface area (TPSA) is 52.6 Å². The summed E-state index contributed by atoms with van der Waals surface area (Å²) in [5.41, 5.74) is 0.557. The van der Waals surface area contributed by atoms with Crippen LogP contribution in [0.25, 0.3) is 0 Å². The first kappa shape index (κ1) is 28.1. The Balaban J connectivity index is 1.87. The molecule has 4 nitrogen and oxygen atoms in total. The molecule has 1 aromatic rings. The Morgan fingerprint density at radius 2 is 1.74 bits per heavy atom. The molecule has 188 valence electrons. The van der Waals surface area contributed by atoms with Crippen LogP contribution in [0.1, 0.15) is 91.5 Å². The third-order valence-electron chi connectivity index (χ3n) is 6.21. The molecule has 1 aliphatic rings. The van der Waals surface area contributed by atoms with Gasteiger partial charge in [-0.05, 0) is 89.0 Å². The van der Waals surface area contributed by atoms with E-state index in [4.69, 9.17) is 9.47 Å². The summed E-state index contributed by atoms with van der Waals surface area (Å²) in [5.74, 6) is 7.04. The first-order chi connectivity index (χ1) is 16.1. The molecule has 0 heterocycles. The van der Waals surface area contributed by atoms with Gasteiger partial charge in [-0.2, -0.15) is 0 Å². The van der Waals surface area contributed by atoms with Crippen LogP contribution in [0, 0.1) is 35.5 Å². The van der Waals surface area contributed by atoms with Crippen molar-refractivity contribution >= 4 is 11.8 Å². The fraction of sp³-hybridized carbons (Fsp3) is 0.667.